The van der Waals surface area contributed by atoms with Gasteiger partial charge in [-0.3, -0.25) is 4.79 Å². The van der Waals surface area contributed by atoms with Crippen molar-refractivity contribution >= 4 is 5.78 Å². The summed E-state index contributed by atoms with van der Waals surface area (Å²) in [5.74, 6) is 2.04. The van der Waals surface area contributed by atoms with E-state index in [0.29, 0.717) is 43.4 Å². The standard InChI is InChI=1S/C15H21NO3/c1-11(6-7-16)2-4-13(17)12-3-5-14-15(10-12)19-9-8-18-14/h3,5,10-11H,2,4,6-9,16H2,1H3. The third-order valence-electron chi connectivity index (χ3n) is 3.39. The Labute approximate surface area is 113 Å². The minimum absolute atomic E-state index is 0.154. The zero-order valence-electron chi connectivity index (χ0n) is 11.4. The number of nitrogens with two attached hydrogens (primary N) is 1. The Morgan fingerprint density at radius 2 is 2.00 bits per heavy atom. The van der Waals surface area contributed by atoms with Crippen LogP contribution < -0.4 is 15.2 Å². The lowest BCUT2D eigenvalue weighted by molar-refractivity contribution is 0.0973. The second kappa shape index (κ2) is 6.57. The lowest BCUT2D eigenvalue weighted by atomic mass is 9.97. The van der Waals surface area contributed by atoms with E-state index in [1.54, 1.807) is 6.07 Å². The Balaban J connectivity index is 1.95. The molecule has 0 spiro atoms. The van der Waals surface area contributed by atoms with Crippen LogP contribution in [0.25, 0.3) is 0 Å². The zero-order valence-corrected chi connectivity index (χ0v) is 11.4. The molecule has 4 heteroatoms. The number of ether oxygens (including phenoxy) is 2. The van der Waals surface area contributed by atoms with Crippen molar-refractivity contribution in [3.8, 4) is 11.5 Å². The van der Waals surface area contributed by atoms with Crippen LogP contribution in [0.4, 0.5) is 0 Å². The number of ketones is 1. The van der Waals surface area contributed by atoms with Crippen LogP contribution >= 0.6 is 0 Å². The molecule has 2 rings (SSSR count). The van der Waals surface area contributed by atoms with Crippen LogP contribution in [-0.4, -0.2) is 25.5 Å². The summed E-state index contributed by atoms with van der Waals surface area (Å²) in [4.78, 5) is 12.1. The molecule has 104 valence electrons. The molecule has 0 aromatic heterocycles. The van der Waals surface area contributed by atoms with Crippen molar-refractivity contribution in [3.63, 3.8) is 0 Å². The predicted molar refractivity (Wildman–Crippen MR) is 73.8 cm³/mol. The van der Waals surface area contributed by atoms with Gasteiger partial charge in [0.1, 0.15) is 13.2 Å². The maximum atomic E-state index is 12.1. The first kappa shape index (κ1) is 13.9. The Morgan fingerprint density at radius 1 is 1.26 bits per heavy atom. The average Bonchev–Trinajstić information content (AvgIpc) is 2.44. The molecule has 0 saturated carbocycles. The summed E-state index contributed by atoms with van der Waals surface area (Å²) in [6, 6.07) is 5.40. The molecule has 0 radical (unpaired) electrons. The van der Waals surface area contributed by atoms with Gasteiger partial charge in [0.2, 0.25) is 0 Å². The number of carbonyl (C=O) groups excluding carboxylic acids is 1. The van der Waals surface area contributed by atoms with Gasteiger partial charge in [-0.25, -0.2) is 0 Å². The molecule has 0 bridgehead atoms. The SMILES string of the molecule is CC(CCN)CCC(=O)c1ccc2c(c1)OCCO2. The summed E-state index contributed by atoms with van der Waals surface area (Å²) in [5.41, 5.74) is 6.21. The van der Waals surface area contributed by atoms with Gasteiger partial charge >= 0.3 is 0 Å². The van der Waals surface area contributed by atoms with E-state index < -0.39 is 0 Å². The summed E-state index contributed by atoms with van der Waals surface area (Å²) in [5, 5.41) is 0. The van der Waals surface area contributed by atoms with Crippen molar-refractivity contribution in [2.45, 2.75) is 26.2 Å². The second-order valence-electron chi connectivity index (χ2n) is 5.00. The van der Waals surface area contributed by atoms with Gasteiger partial charge < -0.3 is 15.2 Å². The van der Waals surface area contributed by atoms with Gasteiger partial charge in [-0.15, -0.1) is 0 Å². The molecule has 4 nitrogen and oxygen atoms in total. The molecule has 1 aromatic rings. The smallest absolute Gasteiger partial charge is 0.163 e. The van der Waals surface area contributed by atoms with Gasteiger partial charge in [0.15, 0.2) is 17.3 Å². The summed E-state index contributed by atoms with van der Waals surface area (Å²) >= 11 is 0. The van der Waals surface area contributed by atoms with Gasteiger partial charge in [-0.1, -0.05) is 6.92 Å². The monoisotopic (exact) mass is 263 g/mol. The molecule has 2 N–H and O–H groups in total. The number of fused-ring (bicyclic) bond motifs is 1. The van der Waals surface area contributed by atoms with Crippen molar-refractivity contribution in [3.05, 3.63) is 23.8 Å². The molecule has 1 aliphatic rings. The van der Waals surface area contributed by atoms with Gasteiger partial charge in [0.05, 0.1) is 0 Å². The molecule has 0 aliphatic carbocycles. The van der Waals surface area contributed by atoms with E-state index in [1.807, 2.05) is 12.1 Å². The molecule has 1 aromatic carbocycles. The molecule has 19 heavy (non-hydrogen) atoms. The number of carbonyl (C=O) groups is 1. The van der Waals surface area contributed by atoms with Gasteiger partial charge in [-0.2, -0.15) is 0 Å². The van der Waals surface area contributed by atoms with Gasteiger partial charge in [0, 0.05) is 12.0 Å². The van der Waals surface area contributed by atoms with Crippen molar-refractivity contribution in [1.29, 1.82) is 0 Å². The topological polar surface area (TPSA) is 61.6 Å². The molecule has 1 unspecified atom stereocenters. The zero-order chi connectivity index (χ0) is 13.7. The van der Waals surface area contributed by atoms with E-state index >= 15 is 0 Å². The molecular weight excluding hydrogens is 242 g/mol. The molecule has 1 aliphatic heterocycles. The molecule has 1 heterocycles. The molecule has 0 amide bonds. The highest BCUT2D eigenvalue weighted by Gasteiger charge is 2.15. The van der Waals surface area contributed by atoms with Gasteiger partial charge in [0.25, 0.3) is 0 Å². The maximum Gasteiger partial charge on any atom is 0.163 e. The van der Waals surface area contributed by atoms with E-state index in [9.17, 15) is 4.79 Å². The van der Waals surface area contributed by atoms with Crippen LogP contribution in [0.3, 0.4) is 0 Å². The normalized spacial score (nSPS) is 15.1. The first-order valence-electron chi connectivity index (χ1n) is 6.83. The summed E-state index contributed by atoms with van der Waals surface area (Å²) in [6.45, 7) is 3.92. The quantitative estimate of drug-likeness (QED) is 0.801. The fourth-order valence-corrected chi connectivity index (χ4v) is 2.17. The molecule has 0 fully saturated rings. The van der Waals surface area contributed by atoms with Gasteiger partial charge in [-0.05, 0) is 43.5 Å². The Bertz CT molecular complexity index is 445. The van der Waals surface area contributed by atoms with E-state index in [-0.39, 0.29) is 5.78 Å². The second-order valence-corrected chi connectivity index (χ2v) is 5.00. The van der Waals surface area contributed by atoms with Crippen LogP contribution in [0, 0.1) is 5.92 Å². The lowest BCUT2D eigenvalue weighted by Gasteiger charge is -2.18. The van der Waals surface area contributed by atoms with Crippen LogP contribution in [0.5, 0.6) is 11.5 Å². The van der Waals surface area contributed by atoms with E-state index in [4.69, 9.17) is 15.2 Å². The summed E-state index contributed by atoms with van der Waals surface area (Å²) in [7, 11) is 0. The molecule has 0 saturated heterocycles. The highest BCUT2D eigenvalue weighted by Crippen LogP contribution is 2.31. The minimum Gasteiger partial charge on any atom is -0.486 e. The molecular formula is C15H21NO3. The highest BCUT2D eigenvalue weighted by molar-refractivity contribution is 5.96. The number of hydrogen-bond donors (Lipinski definition) is 1. The Morgan fingerprint density at radius 3 is 2.74 bits per heavy atom. The van der Waals surface area contributed by atoms with E-state index in [2.05, 4.69) is 6.92 Å². The van der Waals surface area contributed by atoms with E-state index in [1.165, 1.54) is 0 Å². The number of Topliss-reactive ketones (excluding diaryl/α,β-unsaturated/α-hetero) is 1. The first-order valence-corrected chi connectivity index (χ1v) is 6.83. The lowest BCUT2D eigenvalue weighted by Crippen LogP contribution is -2.16. The molecule has 1 atom stereocenters. The fraction of sp³-hybridized carbons (Fsp3) is 0.533. The first-order chi connectivity index (χ1) is 9.20. The van der Waals surface area contributed by atoms with Crippen molar-refractivity contribution < 1.29 is 14.3 Å². The largest absolute Gasteiger partial charge is 0.486 e. The highest BCUT2D eigenvalue weighted by atomic mass is 16.6. The maximum absolute atomic E-state index is 12.1. The fourth-order valence-electron chi connectivity index (χ4n) is 2.17. The average molecular weight is 263 g/mol. The number of benzene rings is 1. The van der Waals surface area contributed by atoms with Crippen molar-refractivity contribution in [1.82, 2.24) is 0 Å². The van der Waals surface area contributed by atoms with Crippen LogP contribution in [-0.2, 0) is 0 Å². The van der Waals surface area contributed by atoms with Crippen LogP contribution in [0.2, 0.25) is 0 Å². The van der Waals surface area contributed by atoms with E-state index in [0.717, 1.165) is 18.6 Å². The number of hydrogen-bond acceptors (Lipinski definition) is 4. The summed E-state index contributed by atoms with van der Waals surface area (Å²) in [6.07, 6.45) is 2.40. The Hall–Kier alpha value is -1.55. The third kappa shape index (κ3) is 3.70. The predicted octanol–water partition coefficient (Wildman–Crippen LogP) is 2.41. The van der Waals surface area contributed by atoms with Crippen molar-refractivity contribution in [2.75, 3.05) is 19.8 Å². The summed E-state index contributed by atoms with van der Waals surface area (Å²) < 4.78 is 10.9. The van der Waals surface area contributed by atoms with Crippen molar-refractivity contribution in [2.24, 2.45) is 11.7 Å². The van der Waals surface area contributed by atoms with Crippen LogP contribution in [0.1, 0.15) is 36.5 Å². The Kier molecular flexibility index (Phi) is 4.80. The number of rotatable bonds is 6. The van der Waals surface area contributed by atoms with Crippen LogP contribution in [0.15, 0.2) is 18.2 Å². The third-order valence-corrected chi connectivity index (χ3v) is 3.39. The minimum atomic E-state index is 0.154.